The van der Waals surface area contributed by atoms with Crippen LogP contribution in [-0.4, -0.2) is 23.7 Å². The molecule has 0 saturated heterocycles. The second-order valence-electron chi connectivity index (χ2n) is 7.44. The van der Waals surface area contributed by atoms with Crippen molar-refractivity contribution < 1.29 is 9.90 Å². The number of hydrogen-bond donors (Lipinski definition) is 2. The standard InChI is InChI=1S/C19H29NO2/c1-14(2)11-15(18(21)22)13-20-17-9-10-19(3,12-17)16-7-5-4-6-8-16/h4-8,14-15,17,20H,9-13H2,1-3H3,(H,21,22). The van der Waals surface area contributed by atoms with E-state index >= 15 is 0 Å². The van der Waals surface area contributed by atoms with E-state index in [1.807, 2.05) is 0 Å². The van der Waals surface area contributed by atoms with E-state index in [1.54, 1.807) is 0 Å². The van der Waals surface area contributed by atoms with Crippen molar-refractivity contribution in [2.75, 3.05) is 6.54 Å². The number of rotatable bonds is 7. The number of hydrogen-bond acceptors (Lipinski definition) is 2. The Bertz CT molecular complexity index is 485. The van der Waals surface area contributed by atoms with Crippen molar-refractivity contribution >= 4 is 5.97 Å². The zero-order valence-corrected chi connectivity index (χ0v) is 14.0. The molecule has 3 unspecified atom stereocenters. The molecule has 0 bridgehead atoms. The van der Waals surface area contributed by atoms with Crippen molar-refractivity contribution in [3.05, 3.63) is 35.9 Å². The number of nitrogens with one attached hydrogen (secondary N) is 1. The molecule has 0 heterocycles. The third-order valence-electron chi connectivity index (χ3n) is 4.97. The molecule has 1 aliphatic carbocycles. The molecule has 0 aliphatic heterocycles. The van der Waals surface area contributed by atoms with Crippen molar-refractivity contribution in [3.8, 4) is 0 Å². The second-order valence-corrected chi connectivity index (χ2v) is 7.44. The Morgan fingerprint density at radius 1 is 1.36 bits per heavy atom. The second kappa shape index (κ2) is 7.28. The van der Waals surface area contributed by atoms with E-state index in [4.69, 9.17) is 0 Å². The molecule has 0 spiro atoms. The molecule has 0 aromatic heterocycles. The van der Waals surface area contributed by atoms with E-state index in [2.05, 4.69) is 56.4 Å². The Balaban J connectivity index is 1.89. The molecule has 1 fully saturated rings. The van der Waals surface area contributed by atoms with Crippen molar-refractivity contribution in [2.24, 2.45) is 11.8 Å². The SMILES string of the molecule is CC(C)CC(CNC1CCC(C)(c2ccccc2)C1)C(=O)O. The van der Waals surface area contributed by atoms with Gasteiger partial charge in [0.25, 0.3) is 0 Å². The number of benzene rings is 1. The number of aliphatic carboxylic acids is 1. The fourth-order valence-electron chi connectivity index (χ4n) is 3.67. The van der Waals surface area contributed by atoms with Gasteiger partial charge in [0, 0.05) is 12.6 Å². The van der Waals surface area contributed by atoms with Crippen LogP contribution in [0.3, 0.4) is 0 Å². The summed E-state index contributed by atoms with van der Waals surface area (Å²) in [5.41, 5.74) is 1.62. The summed E-state index contributed by atoms with van der Waals surface area (Å²) in [6.45, 7) is 7.08. The molecule has 2 rings (SSSR count). The lowest BCUT2D eigenvalue weighted by Gasteiger charge is -2.25. The van der Waals surface area contributed by atoms with Crippen LogP contribution in [0.1, 0.15) is 52.0 Å². The van der Waals surface area contributed by atoms with Crippen LogP contribution in [0.2, 0.25) is 0 Å². The summed E-state index contributed by atoms with van der Waals surface area (Å²) in [4.78, 5) is 11.3. The van der Waals surface area contributed by atoms with E-state index < -0.39 is 5.97 Å². The van der Waals surface area contributed by atoms with Gasteiger partial charge in [0.05, 0.1) is 5.92 Å². The van der Waals surface area contributed by atoms with Gasteiger partial charge in [-0.05, 0) is 42.6 Å². The van der Waals surface area contributed by atoms with E-state index in [0.29, 0.717) is 18.5 Å². The fraction of sp³-hybridized carbons (Fsp3) is 0.632. The molecule has 3 heteroatoms. The summed E-state index contributed by atoms with van der Waals surface area (Å²) in [5.74, 6) is -0.533. The van der Waals surface area contributed by atoms with E-state index in [9.17, 15) is 9.90 Å². The normalized spacial score (nSPS) is 26.3. The molecule has 1 aliphatic rings. The topological polar surface area (TPSA) is 49.3 Å². The van der Waals surface area contributed by atoms with Crippen LogP contribution in [-0.2, 0) is 10.2 Å². The lowest BCUT2D eigenvalue weighted by Crippen LogP contribution is -2.36. The van der Waals surface area contributed by atoms with Crippen LogP contribution in [0.4, 0.5) is 0 Å². The van der Waals surface area contributed by atoms with Gasteiger partial charge < -0.3 is 10.4 Å². The highest BCUT2D eigenvalue weighted by atomic mass is 16.4. The summed E-state index contributed by atoms with van der Waals surface area (Å²) in [7, 11) is 0. The molecular formula is C19H29NO2. The van der Waals surface area contributed by atoms with Crippen LogP contribution < -0.4 is 5.32 Å². The molecule has 3 nitrogen and oxygen atoms in total. The van der Waals surface area contributed by atoms with Gasteiger partial charge in [-0.15, -0.1) is 0 Å². The van der Waals surface area contributed by atoms with Crippen molar-refractivity contribution in [2.45, 2.75) is 57.9 Å². The lowest BCUT2D eigenvalue weighted by atomic mass is 9.81. The summed E-state index contributed by atoms with van der Waals surface area (Å²) >= 11 is 0. The minimum atomic E-state index is -0.676. The van der Waals surface area contributed by atoms with Crippen LogP contribution >= 0.6 is 0 Å². The predicted octanol–water partition coefficient (Wildman–Crippen LogP) is 3.83. The Morgan fingerprint density at radius 3 is 2.64 bits per heavy atom. The van der Waals surface area contributed by atoms with E-state index in [-0.39, 0.29) is 11.3 Å². The lowest BCUT2D eigenvalue weighted by molar-refractivity contribution is -0.142. The number of carbonyl (C=O) groups is 1. The molecule has 1 aromatic carbocycles. The van der Waals surface area contributed by atoms with Gasteiger partial charge in [0.2, 0.25) is 0 Å². The summed E-state index contributed by atoms with van der Waals surface area (Å²) in [6.07, 6.45) is 4.12. The monoisotopic (exact) mass is 303 g/mol. The van der Waals surface area contributed by atoms with Gasteiger partial charge in [-0.2, -0.15) is 0 Å². The fourth-order valence-corrected chi connectivity index (χ4v) is 3.67. The first kappa shape index (κ1) is 17.0. The highest BCUT2D eigenvalue weighted by Gasteiger charge is 2.36. The zero-order valence-electron chi connectivity index (χ0n) is 14.0. The quantitative estimate of drug-likeness (QED) is 0.805. The molecule has 1 aromatic rings. The molecule has 3 atom stereocenters. The highest BCUT2D eigenvalue weighted by Crippen LogP contribution is 2.40. The minimum Gasteiger partial charge on any atom is -0.481 e. The molecule has 22 heavy (non-hydrogen) atoms. The number of carboxylic acids is 1. The van der Waals surface area contributed by atoms with E-state index in [0.717, 1.165) is 25.7 Å². The molecule has 2 N–H and O–H groups in total. The van der Waals surface area contributed by atoms with Gasteiger partial charge in [0.1, 0.15) is 0 Å². The Kier molecular flexibility index (Phi) is 5.63. The van der Waals surface area contributed by atoms with Gasteiger partial charge >= 0.3 is 5.97 Å². The third-order valence-corrected chi connectivity index (χ3v) is 4.97. The Labute approximate surface area is 134 Å². The maximum absolute atomic E-state index is 11.3. The molecular weight excluding hydrogens is 274 g/mol. The average molecular weight is 303 g/mol. The maximum Gasteiger partial charge on any atom is 0.307 e. The van der Waals surface area contributed by atoms with Crippen LogP contribution in [0, 0.1) is 11.8 Å². The van der Waals surface area contributed by atoms with Gasteiger partial charge in [-0.25, -0.2) is 0 Å². The predicted molar refractivity (Wildman–Crippen MR) is 90.0 cm³/mol. The Morgan fingerprint density at radius 2 is 2.05 bits per heavy atom. The largest absolute Gasteiger partial charge is 0.481 e. The van der Waals surface area contributed by atoms with E-state index in [1.165, 1.54) is 5.56 Å². The van der Waals surface area contributed by atoms with Crippen molar-refractivity contribution in [3.63, 3.8) is 0 Å². The van der Waals surface area contributed by atoms with Gasteiger partial charge in [-0.1, -0.05) is 51.1 Å². The first-order valence-electron chi connectivity index (χ1n) is 8.42. The average Bonchev–Trinajstić information content (AvgIpc) is 2.87. The number of carboxylic acid groups (broad SMARTS) is 1. The van der Waals surface area contributed by atoms with Crippen molar-refractivity contribution in [1.29, 1.82) is 0 Å². The maximum atomic E-state index is 11.3. The van der Waals surface area contributed by atoms with Crippen LogP contribution in [0.25, 0.3) is 0 Å². The van der Waals surface area contributed by atoms with Gasteiger partial charge in [0.15, 0.2) is 0 Å². The smallest absolute Gasteiger partial charge is 0.307 e. The molecule has 0 amide bonds. The molecule has 122 valence electrons. The molecule has 1 saturated carbocycles. The first-order valence-corrected chi connectivity index (χ1v) is 8.42. The summed E-state index contributed by atoms with van der Waals surface area (Å²) in [5, 5.41) is 12.8. The highest BCUT2D eigenvalue weighted by molar-refractivity contribution is 5.70. The summed E-state index contributed by atoms with van der Waals surface area (Å²) < 4.78 is 0. The Hall–Kier alpha value is -1.35. The minimum absolute atomic E-state index is 0.218. The summed E-state index contributed by atoms with van der Waals surface area (Å²) in [6, 6.07) is 11.1. The first-order chi connectivity index (χ1) is 10.4. The van der Waals surface area contributed by atoms with Crippen molar-refractivity contribution in [1.82, 2.24) is 5.32 Å². The van der Waals surface area contributed by atoms with Crippen LogP contribution in [0.15, 0.2) is 30.3 Å². The van der Waals surface area contributed by atoms with Gasteiger partial charge in [-0.3, -0.25) is 4.79 Å². The third kappa shape index (κ3) is 4.33. The zero-order chi connectivity index (χ0) is 16.2. The van der Waals surface area contributed by atoms with Crippen LogP contribution in [0.5, 0.6) is 0 Å². The molecule has 0 radical (unpaired) electrons.